The summed E-state index contributed by atoms with van der Waals surface area (Å²) in [6, 6.07) is 2.82. The Bertz CT molecular complexity index is 421. The lowest BCUT2D eigenvalue weighted by atomic mass is 10.0. The van der Waals surface area contributed by atoms with Crippen LogP contribution < -0.4 is 5.32 Å². The van der Waals surface area contributed by atoms with Gasteiger partial charge in [-0.1, -0.05) is 6.92 Å². The molecule has 0 heterocycles. The van der Waals surface area contributed by atoms with E-state index in [1.54, 1.807) is 6.92 Å². The van der Waals surface area contributed by atoms with Gasteiger partial charge in [0.1, 0.15) is 11.6 Å². The van der Waals surface area contributed by atoms with Gasteiger partial charge in [-0.15, -0.1) is 0 Å². The molecular weight excluding hydrogens is 240 g/mol. The summed E-state index contributed by atoms with van der Waals surface area (Å²) in [7, 11) is 0. The molecule has 0 aliphatic carbocycles. The molecule has 0 saturated heterocycles. The van der Waals surface area contributed by atoms with Crippen LogP contribution in [0.3, 0.4) is 0 Å². The lowest BCUT2D eigenvalue weighted by molar-refractivity contribution is 0.0935. The van der Waals surface area contributed by atoms with Crippen molar-refractivity contribution in [3.8, 4) is 0 Å². The zero-order valence-corrected chi connectivity index (χ0v) is 10.4. The Morgan fingerprint density at radius 1 is 1.39 bits per heavy atom. The Morgan fingerprint density at radius 3 is 2.61 bits per heavy atom. The Labute approximate surface area is 105 Å². The van der Waals surface area contributed by atoms with Crippen molar-refractivity contribution < 1.29 is 18.7 Å². The molecule has 5 heteroatoms. The van der Waals surface area contributed by atoms with Crippen LogP contribution in [-0.2, 0) is 0 Å². The largest absolute Gasteiger partial charge is 0.393 e. The molecule has 3 nitrogen and oxygen atoms in total. The highest BCUT2D eigenvalue weighted by atomic mass is 19.1. The van der Waals surface area contributed by atoms with E-state index in [2.05, 4.69) is 5.32 Å². The Balaban J connectivity index is 2.55. The fraction of sp³-hybridized carbons (Fsp3) is 0.462. The molecule has 2 N–H and O–H groups in total. The Morgan fingerprint density at radius 2 is 2.06 bits per heavy atom. The van der Waals surface area contributed by atoms with Crippen molar-refractivity contribution in [2.75, 3.05) is 6.54 Å². The van der Waals surface area contributed by atoms with Gasteiger partial charge in [-0.05, 0) is 31.4 Å². The van der Waals surface area contributed by atoms with Crippen molar-refractivity contribution in [2.24, 2.45) is 5.92 Å². The number of carbonyl (C=O) groups is 1. The molecule has 1 rings (SSSR count). The molecule has 0 spiro atoms. The van der Waals surface area contributed by atoms with Crippen molar-refractivity contribution in [3.63, 3.8) is 0 Å². The van der Waals surface area contributed by atoms with Gasteiger partial charge < -0.3 is 10.4 Å². The molecule has 2 unspecified atom stereocenters. The average molecular weight is 257 g/mol. The first-order valence-electron chi connectivity index (χ1n) is 5.81. The van der Waals surface area contributed by atoms with Crippen molar-refractivity contribution in [3.05, 3.63) is 35.4 Å². The van der Waals surface area contributed by atoms with Gasteiger partial charge in [0.15, 0.2) is 0 Å². The number of amides is 1. The number of aliphatic hydroxyl groups excluding tert-OH is 1. The van der Waals surface area contributed by atoms with Gasteiger partial charge in [0.25, 0.3) is 5.91 Å². The molecule has 100 valence electrons. The highest BCUT2D eigenvalue weighted by Gasteiger charge is 2.13. The number of hydrogen-bond donors (Lipinski definition) is 2. The van der Waals surface area contributed by atoms with Gasteiger partial charge in [-0.25, -0.2) is 8.78 Å². The van der Waals surface area contributed by atoms with E-state index in [0.29, 0.717) is 19.0 Å². The summed E-state index contributed by atoms with van der Waals surface area (Å²) in [6.07, 6.45) is 0.103. The molecule has 0 radical (unpaired) electrons. The minimum Gasteiger partial charge on any atom is -0.393 e. The molecular formula is C13H17F2NO2. The number of nitrogens with one attached hydrogen (secondary N) is 1. The van der Waals surface area contributed by atoms with Gasteiger partial charge in [0.2, 0.25) is 0 Å². The summed E-state index contributed by atoms with van der Waals surface area (Å²) in [6.45, 7) is 3.87. The molecule has 0 aliphatic heterocycles. The van der Waals surface area contributed by atoms with Crippen LogP contribution in [0.1, 0.15) is 30.6 Å². The van der Waals surface area contributed by atoms with E-state index < -0.39 is 23.6 Å². The number of aliphatic hydroxyl groups is 1. The summed E-state index contributed by atoms with van der Waals surface area (Å²) in [5.74, 6) is -2.09. The molecule has 0 aromatic heterocycles. The van der Waals surface area contributed by atoms with Crippen LogP contribution in [-0.4, -0.2) is 23.7 Å². The molecule has 0 saturated carbocycles. The predicted octanol–water partition coefficient (Wildman–Crippen LogP) is 2.10. The van der Waals surface area contributed by atoms with E-state index in [9.17, 15) is 13.6 Å². The normalized spacial score (nSPS) is 14.1. The topological polar surface area (TPSA) is 49.3 Å². The summed E-state index contributed by atoms with van der Waals surface area (Å²) >= 11 is 0. The maximum absolute atomic E-state index is 13.3. The fourth-order valence-electron chi connectivity index (χ4n) is 1.70. The highest BCUT2D eigenvalue weighted by Crippen LogP contribution is 2.10. The van der Waals surface area contributed by atoms with Gasteiger partial charge in [-0.3, -0.25) is 4.79 Å². The maximum Gasteiger partial charge on any atom is 0.254 e. The Kier molecular flexibility index (Phi) is 5.22. The molecule has 2 atom stereocenters. The molecule has 0 aliphatic rings. The minimum atomic E-state index is -0.879. The molecule has 0 fully saturated rings. The third-order valence-electron chi connectivity index (χ3n) is 2.53. The van der Waals surface area contributed by atoms with Crippen LogP contribution in [0.15, 0.2) is 18.2 Å². The number of benzene rings is 1. The van der Waals surface area contributed by atoms with Crippen molar-refractivity contribution >= 4 is 5.91 Å². The Hall–Kier alpha value is -1.49. The summed E-state index contributed by atoms with van der Waals surface area (Å²) in [4.78, 5) is 11.6. The maximum atomic E-state index is 13.3. The van der Waals surface area contributed by atoms with Gasteiger partial charge in [0.05, 0.1) is 11.7 Å². The van der Waals surface area contributed by atoms with E-state index in [1.807, 2.05) is 6.92 Å². The van der Waals surface area contributed by atoms with Crippen LogP contribution in [0.5, 0.6) is 0 Å². The number of rotatable bonds is 5. The summed E-state index contributed by atoms with van der Waals surface area (Å²) in [5.41, 5.74) is -0.180. The van der Waals surface area contributed by atoms with Crippen molar-refractivity contribution in [1.29, 1.82) is 0 Å². The molecule has 18 heavy (non-hydrogen) atoms. The third kappa shape index (κ3) is 4.41. The van der Waals surface area contributed by atoms with E-state index >= 15 is 0 Å². The van der Waals surface area contributed by atoms with E-state index in [0.717, 1.165) is 12.1 Å². The second-order valence-corrected chi connectivity index (χ2v) is 4.52. The zero-order valence-electron chi connectivity index (χ0n) is 10.4. The molecule has 1 amide bonds. The van der Waals surface area contributed by atoms with E-state index in [-0.39, 0.29) is 11.5 Å². The first-order chi connectivity index (χ1) is 8.40. The van der Waals surface area contributed by atoms with Gasteiger partial charge >= 0.3 is 0 Å². The smallest absolute Gasteiger partial charge is 0.254 e. The van der Waals surface area contributed by atoms with Crippen molar-refractivity contribution in [2.45, 2.75) is 26.4 Å². The third-order valence-corrected chi connectivity index (χ3v) is 2.53. The zero-order chi connectivity index (χ0) is 13.7. The highest BCUT2D eigenvalue weighted by molar-refractivity contribution is 5.94. The standard InChI is InChI=1S/C13H17F2NO2/c1-8(5-9(2)17)7-16-13(18)11-4-3-10(14)6-12(11)15/h3-4,6,8-9,17H,5,7H2,1-2H3,(H,16,18). The number of carbonyl (C=O) groups excluding carboxylic acids is 1. The number of halogens is 2. The van der Waals surface area contributed by atoms with Crippen LogP contribution in [0.4, 0.5) is 8.78 Å². The van der Waals surface area contributed by atoms with E-state index in [1.165, 1.54) is 0 Å². The fourth-order valence-corrected chi connectivity index (χ4v) is 1.70. The molecule has 1 aromatic rings. The molecule has 0 bridgehead atoms. The van der Waals surface area contributed by atoms with E-state index in [4.69, 9.17) is 5.11 Å². The second kappa shape index (κ2) is 6.44. The SMILES string of the molecule is CC(O)CC(C)CNC(=O)c1ccc(F)cc1F. The summed E-state index contributed by atoms with van der Waals surface area (Å²) in [5, 5.41) is 11.7. The van der Waals surface area contributed by atoms with Crippen LogP contribution in [0, 0.1) is 17.6 Å². The second-order valence-electron chi connectivity index (χ2n) is 4.52. The monoisotopic (exact) mass is 257 g/mol. The minimum absolute atomic E-state index is 0.0810. The average Bonchev–Trinajstić information content (AvgIpc) is 2.25. The van der Waals surface area contributed by atoms with Crippen LogP contribution in [0.25, 0.3) is 0 Å². The van der Waals surface area contributed by atoms with Crippen LogP contribution >= 0.6 is 0 Å². The lowest BCUT2D eigenvalue weighted by Crippen LogP contribution is -2.30. The molecule has 1 aromatic carbocycles. The first-order valence-corrected chi connectivity index (χ1v) is 5.81. The summed E-state index contributed by atoms with van der Waals surface area (Å²) < 4.78 is 26.0. The predicted molar refractivity (Wildman–Crippen MR) is 64.2 cm³/mol. The van der Waals surface area contributed by atoms with Gasteiger partial charge in [-0.2, -0.15) is 0 Å². The first kappa shape index (κ1) is 14.6. The number of hydrogen-bond acceptors (Lipinski definition) is 2. The van der Waals surface area contributed by atoms with Gasteiger partial charge in [0, 0.05) is 12.6 Å². The van der Waals surface area contributed by atoms with Crippen molar-refractivity contribution in [1.82, 2.24) is 5.32 Å². The van der Waals surface area contributed by atoms with Crippen LogP contribution in [0.2, 0.25) is 0 Å². The quantitative estimate of drug-likeness (QED) is 0.848. The lowest BCUT2D eigenvalue weighted by Gasteiger charge is -2.14.